The van der Waals surface area contributed by atoms with Gasteiger partial charge in [-0.2, -0.15) is 0 Å². The quantitative estimate of drug-likeness (QED) is 0.753. The van der Waals surface area contributed by atoms with Crippen LogP contribution in [0.3, 0.4) is 0 Å². The Balaban J connectivity index is 2.20. The molecule has 0 saturated heterocycles. The zero-order valence-electron chi connectivity index (χ0n) is 10.1. The molecule has 0 spiro atoms. The molecule has 0 bridgehead atoms. The lowest BCUT2D eigenvalue weighted by atomic mass is 10.2. The van der Waals surface area contributed by atoms with Crippen molar-refractivity contribution in [3.63, 3.8) is 0 Å². The predicted octanol–water partition coefficient (Wildman–Crippen LogP) is 3.62. The van der Waals surface area contributed by atoms with Crippen molar-refractivity contribution in [3.05, 3.63) is 28.5 Å². The van der Waals surface area contributed by atoms with E-state index in [2.05, 4.69) is 36.8 Å². The molecule has 3 nitrogen and oxygen atoms in total. The van der Waals surface area contributed by atoms with Crippen LogP contribution < -0.4 is 0 Å². The van der Waals surface area contributed by atoms with Gasteiger partial charge in [-0.3, -0.25) is 4.79 Å². The van der Waals surface area contributed by atoms with Crippen LogP contribution in [0.5, 0.6) is 0 Å². The number of amides is 1. The van der Waals surface area contributed by atoms with Gasteiger partial charge in [0.05, 0.1) is 0 Å². The minimum Gasteiger partial charge on any atom is -0.333 e. The number of hydrogen-bond acceptors (Lipinski definition) is 2. The van der Waals surface area contributed by atoms with Gasteiger partial charge in [-0.05, 0) is 40.9 Å². The first-order valence-electron chi connectivity index (χ1n) is 6.21. The van der Waals surface area contributed by atoms with E-state index in [9.17, 15) is 4.79 Å². The van der Waals surface area contributed by atoms with E-state index < -0.39 is 0 Å². The smallest absolute Gasteiger partial charge is 0.273 e. The fourth-order valence-electron chi connectivity index (χ4n) is 2.44. The van der Waals surface area contributed by atoms with Gasteiger partial charge in [0, 0.05) is 28.6 Å². The van der Waals surface area contributed by atoms with Gasteiger partial charge in [0.15, 0.2) is 0 Å². The second-order valence-corrected chi connectivity index (χ2v) is 6.11. The summed E-state index contributed by atoms with van der Waals surface area (Å²) in [5, 5.41) is 0.805. The van der Waals surface area contributed by atoms with E-state index in [1.807, 2.05) is 17.0 Å². The van der Waals surface area contributed by atoms with Crippen molar-refractivity contribution in [1.29, 1.82) is 0 Å². The molecular formula is C13H16Br2N2O. The number of halogens is 2. The Hall–Kier alpha value is -0.420. The standard InChI is InChI=1S/C13H16Br2N2O/c14-7-9-17(10-4-1-2-5-10)13(18)12-11(15)6-3-8-16-12/h3,6,8,10H,1-2,4-5,7,9H2. The summed E-state index contributed by atoms with van der Waals surface area (Å²) in [6, 6.07) is 4.07. The van der Waals surface area contributed by atoms with Gasteiger partial charge < -0.3 is 4.90 Å². The van der Waals surface area contributed by atoms with Gasteiger partial charge in [0.2, 0.25) is 0 Å². The maximum absolute atomic E-state index is 12.6. The first-order valence-corrected chi connectivity index (χ1v) is 8.13. The van der Waals surface area contributed by atoms with Crippen LogP contribution in [0.2, 0.25) is 0 Å². The van der Waals surface area contributed by atoms with Gasteiger partial charge in [0.1, 0.15) is 5.69 Å². The Morgan fingerprint density at radius 3 is 2.78 bits per heavy atom. The molecule has 1 aromatic heterocycles. The maximum Gasteiger partial charge on any atom is 0.273 e. The Morgan fingerprint density at radius 1 is 1.44 bits per heavy atom. The highest BCUT2D eigenvalue weighted by atomic mass is 79.9. The van der Waals surface area contributed by atoms with Gasteiger partial charge in [-0.25, -0.2) is 4.98 Å². The number of aromatic nitrogens is 1. The molecule has 2 rings (SSSR count). The average Bonchev–Trinajstić information content (AvgIpc) is 2.89. The summed E-state index contributed by atoms with van der Waals surface area (Å²) in [6.07, 6.45) is 6.34. The summed E-state index contributed by atoms with van der Waals surface area (Å²) in [7, 11) is 0. The normalized spacial score (nSPS) is 15.9. The Labute approximate surface area is 124 Å². The highest BCUT2D eigenvalue weighted by Gasteiger charge is 2.28. The van der Waals surface area contributed by atoms with Gasteiger partial charge in [-0.15, -0.1) is 0 Å². The molecule has 1 aromatic rings. The highest BCUT2D eigenvalue weighted by molar-refractivity contribution is 9.10. The molecule has 1 saturated carbocycles. The zero-order valence-corrected chi connectivity index (χ0v) is 13.3. The zero-order chi connectivity index (χ0) is 13.0. The monoisotopic (exact) mass is 374 g/mol. The lowest BCUT2D eigenvalue weighted by molar-refractivity contribution is 0.0689. The van der Waals surface area contributed by atoms with Crippen LogP contribution in [-0.2, 0) is 0 Å². The average molecular weight is 376 g/mol. The van der Waals surface area contributed by atoms with Crippen molar-refractivity contribution >= 4 is 37.8 Å². The summed E-state index contributed by atoms with van der Waals surface area (Å²) >= 11 is 6.83. The number of rotatable bonds is 4. The third-order valence-electron chi connectivity index (χ3n) is 3.31. The lowest BCUT2D eigenvalue weighted by Crippen LogP contribution is -2.40. The minimum absolute atomic E-state index is 0.0359. The molecule has 98 valence electrons. The fraction of sp³-hybridized carbons (Fsp3) is 0.538. The van der Waals surface area contributed by atoms with Crippen molar-refractivity contribution in [1.82, 2.24) is 9.88 Å². The molecule has 1 aliphatic rings. The van der Waals surface area contributed by atoms with Gasteiger partial charge >= 0.3 is 0 Å². The van der Waals surface area contributed by atoms with Crippen LogP contribution in [0, 0.1) is 0 Å². The summed E-state index contributed by atoms with van der Waals surface area (Å²) in [5.41, 5.74) is 0.519. The first kappa shape index (κ1) is 14.0. The first-order chi connectivity index (χ1) is 8.74. The molecule has 1 heterocycles. The van der Waals surface area contributed by atoms with Crippen LogP contribution in [0.1, 0.15) is 36.2 Å². The number of carbonyl (C=O) groups excluding carboxylic acids is 1. The largest absolute Gasteiger partial charge is 0.333 e. The molecule has 18 heavy (non-hydrogen) atoms. The molecule has 0 aliphatic heterocycles. The molecule has 5 heteroatoms. The third kappa shape index (κ3) is 3.12. The van der Waals surface area contributed by atoms with Crippen LogP contribution in [0.25, 0.3) is 0 Å². The Bertz CT molecular complexity index is 419. The molecule has 1 fully saturated rings. The van der Waals surface area contributed by atoms with Crippen LogP contribution in [-0.4, -0.2) is 33.7 Å². The molecule has 1 aliphatic carbocycles. The summed E-state index contributed by atoms with van der Waals surface area (Å²) in [6.45, 7) is 0.743. The number of alkyl halides is 1. The van der Waals surface area contributed by atoms with Crippen molar-refractivity contribution in [2.45, 2.75) is 31.7 Å². The third-order valence-corrected chi connectivity index (χ3v) is 4.31. The van der Waals surface area contributed by atoms with Gasteiger partial charge in [0.25, 0.3) is 5.91 Å². The van der Waals surface area contributed by atoms with Crippen LogP contribution >= 0.6 is 31.9 Å². The van der Waals surface area contributed by atoms with Crippen molar-refractivity contribution < 1.29 is 4.79 Å². The fourth-order valence-corrected chi connectivity index (χ4v) is 3.24. The molecule has 0 N–H and O–H groups in total. The predicted molar refractivity (Wildman–Crippen MR) is 79.0 cm³/mol. The number of pyridine rings is 1. The molecule has 0 aromatic carbocycles. The molecule has 0 atom stereocenters. The molecular weight excluding hydrogens is 360 g/mol. The number of nitrogens with zero attached hydrogens (tertiary/aromatic N) is 2. The van der Waals surface area contributed by atoms with Crippen molar-refractivity contribution in [2.75, 3.05) is 11.9 Å². The van der Waals surface area contributed by atoms with E-state index in [4.69, 9.17) is 0 Å². The van der Waals surface area contributed by atoms with E-state index in [-0.39, 0.29) is 5.91 Å². The molecule has 0 unspecified atom stereocenters. The topological polar surface area (TPSA) is 33.2 Å². The second kappa shape index (κ2) is 6.66. The van der Waals surface area contributed by atoms with E-state index in [1.54, 1.807) is 6.20 Å². The van der Waals surface area contributed by atoms with Crippen LogP contribution in [0.4, 0.5) is 0 Å². The number of carbonyl (C=O) groups is 1. The van der Waals surface area contributed by atoms with Crippen molar-refractivity contribution in [2.24, 2.45) is 0 Å². The SMILES string of the molecule is O=C(c1ncccc1Br)N(CCBr)C1CCCC1. The van der Waals surface area contributed by atoms with Crippen LogP contribution in [0.15, 0.2) is 22.8 Å². The van der Waals surface area contributed by atoms with Gasteiger partial charge in [-0.1, -0.05) is 28.8 Å². The summed E-state index contributed by atoms with van der Waals surface area (Å²) in [4.78, 5) is 18.7. The summed E-state index contributed by atoms with van der Waals surface area (Å²) < 4.78 is 0.771. The van der Waals surface area contributed by atoms with E-state index in [0.717, 1.165) is 29.2 Å². The van der Waals surface area contributed by atoms with E-state index >= 15 is 0 Å². The minimum atomic E-state index is 0.0359. The van der Waals surface area contributed by atoms with E-state index in [0.29, 0.717) is 11.7 Å². The lowest BCUT2D eigenvalue weighted by Gasteiger charge is -2.28. The Kier molecular flexibility index (Phi) is 5.18. The summed E-state index contributed by atoms with van der Waals surface area (Å²) in [5.74, 6) is 0.0359. The highest BCUT2D eigenvalue weighted by Crippen LogP contribution is 2.26. The number of hydrogen-bond donors (Lipinski definition) is 0. The molecule has 1 amide bonds. The Morgan fingerprint density at radius 2 is 2.17 bits per heavy atom. The van der Waals surface area contributed by atoms with E-state index in [1.165, 1.54) is 12.8 Å². The second-order valence-electron chi connectivity index (χ2n) is 4.46. The maximum atomic E-state index is 12.6. The van der Waals surface area contributed by atoms with Crippen molar-refractivity contribution in [3.8, 4) is 0 Å². The molecule has 0 radical (unpaired) electrons.